The first kappa shape index (κ1) is 23.2. The van der Waals surface area contributed by atoms with Crippen LogP contribution in [0.1, 0.15) is 39.2 Å². The van der Waals surface area contributed by atoms with Gasteiger partial charge in [-0.05, 0) is 75.4 Å². The molecule has 0 aliphatic heterocycles. The summed E-state index contributed by atoms with van der Waals surface area (Å²) in [5.74, 6) is 0.124. The lowest BCUT2D eigenvalue weighted by molar-refractivity contribution is -0.155. The SMILES string of the molecule is COc1ccc(NC(=O)/C=C/[C@H](CCc2ccccc2)CC(=O)OC(C)(C)C)cc1. The normalized spacial score (nSPS) is 12.4. The van der Waals surface area contributed by atoms with Gasteiger partial charge in [-0.25, -0.2) is 0 Å². The van der Waals surface area contributed by atoms with E-state index in [1.807, 2.05) is 39.0 Å². The summed E-state index contributed by atoms with van der Waals surface area (Å²) in [5.41, 5.74) is 1.34. The summed E-state index contributed by atoms with van der Waals surface area (Å²) in [5, 5.41) is 2.82. The Labute approximate surface area is 179 Å². The Morgan fingerprint density at radius 1 is 1.03 bits per heavy atom. The van der Waals surface area contributed by atoms with Gasteiger partial charge in [-0.1, -0.05) is 36.4 Å². The summed E-state index contributed by atoms with van der Waals surface area (Å²) >= 11 is 0. The summed E-state index contributed by atoms with van der Waals surface area (Å²) in [6.07, 6.45) is 5.08. The molecule has 0 heterocycles. The highest BCUT2D eigenvalue weighted by Gasteiger charge is 2.19. The second kappa shape index (κ2) is 11.2. The van der Waals surface area contributed by atoms with Crippen LogP contribution in [0.5, 0.6) is 5.75 Å². The van der Waals surface area contributed by atoms with Gasteiger partial charge in [-0.15, -0.1) is 0 Å². The number of aryl methyl sites for hydroxylation is 1. The van der Waals surface area contributed by atoms with Crippen molar-refractivity contribution in [1.29, 1.82) is 0 Å². The third-order valence-corrected chi connectivity index (χ3v) is 4.37. The molecule has 30 heavy (non-hydrogen) atoms. The third kappa shape index (κ3) is 8.95. The second-order valence-electron chi connectivity index (χ2n) is 8.15. The van der Waals surface area contributed by atoms with Gasteiger partial charge in [0.05, 0.1) is 13.5 Å². The van der Waals surface area contributed by atoms with Crippen molar-refractivity contribution in [2.75, 3.05) is 12.4 Å². The second-order valence-corrected chi connectivity index (χ2v) is 8.15. The van der Waals surface area contributed by atoms with Crippen LogP contribution in [0.3, 0.4) is 0 Å². The van der Waals surface area contributed by atoms with E-state index in [4.69, 9.17) is 9.47 Å². The molecule has 2 rings (SSSR count). The first-order valence-electron chi connectivity index (χ1n) is 10.1. The van der Waals surface area contributed by atoms with E-state index in [-0.39, 0.29) is 24.2 Å². The minimum Gasteiger partial charge on any atom is -0.497 e. The number of rotatable bonds is 9. The Kier molecular flexibility index (Phi) is 8.66. The van der Waals surface area contributed by atoms with Gasteiger partial charge >= 0.3 is 5.97 Å². The van der Waals surface area contributed by atoms with E-state index in [2.05, 4.69) is 17.4 Å². The van der Waals surface area contributed by atoms with Gasteiger partial charge in [-0.3, -0.25) is 9.59 Å². The number of esters is 1. The molecular formula is C25H31NO4. The molecule has 0 aliphatic carbocycles. The fourth-order valence-corrected chi connectivity index (χ4v) is 2.94. The summed E-state index contributed by atoms with van der Waals surface area (Å²) in [4.78, 5) is 24.6. The average molecular weight is 410 g/mol. The number of ether oxygens (including phenoxy) is 2. The maximum absolute atomic E-state index is 12.3. The van der Waals surface area contributed by atoms with Gasteiger partial charge in [0, 0.05) is 5.69 Å². The number of carbonyl (C=O) groups is 2. The average Bonchev–Trinajstić information content (AvgIpc) is 2.70. The predicted octanol–water partition coefficient (Wildman–Crippen LogP) is 5.17. The van der Waals surface area contributed by atoms with Crippen LogP contribution >= 0.6 is 0 Å². The van der Waals surface area contributed by atoms with Crippen molar-refractivity contribution in [1.82, 2.24) is 0 Å². The molecule has 0 fully saturated rings. The maximum atomic E-state index is 12.3. The molecule has 0 saturated heterocycles. The molecule has 1 amide bonds. The Bertz CT molecular complexity index is 836. The van der Waals surface area contributed by atoms with Gasteiger partial charge in [0.2, 0.25) is 5.91 Å². The number of hydrogen-bond donors (Lipinski definition) is 1. The minimum absolute atomic E-state index is 0.0957. The number of amides is 1. The highest BCUT2D eigenvalue weighted by molar-refractivity contribution is 5.99. The lowest BCUT2D eigenvalue weighted by atomic mass is 9.95. The molecule has 2 aromatic rings. The molecule has 5 heteroatoms. The predicted molar refractivity (Wildman–Crippen MR) is 119 cm³/mol. The lowest BCUT2D eigenvalue weighted by Crippen LogP contribution is -2.25. The highest BCUT2D eigenvalue weighted by Crippen LogP contribution is 2.19. The summed E-state index contributed by atoms with van der Waals surface area (Å²) < 4.78 is 10.6. The number of anilines is 1. The summed E-state index contributed by atoms with van der Waals surface area (Å²) in [6, 6.07) is 17.2. The van der Waals surface area contributed by atoms with Crippen LogP contribution in [0.4, 0.5) is 5.69 Å². The van der Waals surface area contributed by atoms with Crippen LogP contribution in [0.15, 0.2) is 66.7 Å². The van der Waals surface area contributed by atoms with Crippen LogP contribution in [0, 0.1) is 5.92 Å². The van der Waals surface area contributed by atoms with Gasteiger partial charge < -0.3 is 14.8 Å². The number of methoxy groups -OCH3 is 1. The van der Waals surface area contributed by atoms with Crippen LogP contribution in [0.2, 0.25) is 0 Å². The lowest BCUT2D eigenvalue weighted by Gasteiger charge is -2.21. The van der Waals surface area contributed by atoms with Gasteiger partial charge in [0.15, 0.2) is 0 Å². The standard InChI is InChI=1S/C25H31NO4/c1-25(2,3)30-24(28)18-20(11-10-19-8-6-5-7-9-19)12-17-23(27)26-21-13-15-22(29-4)16-14-21/h5-9,12-17,20H,10-11,18H2,1-4H3,(H,26,27)/b17-12+/t20-/m0/s1. The smallest absolute Gasteiger partial charge is 0.306 e. The first-order valence-corrected chi connectivity index (χ1v) is 10.1. The minimum atomic E-state index is -0.531. The molecule has 5 nitrogen and oxygen atoms in total. The number of allylic oxidation sites excluding steroid dienone is 1. The molecule has 1 N–H and O–H groups in total. The van der Waals surface area contributed by atoms with E-state index in [0.29, 0.717) is 5.69 Å². The van der Waals surface area contributed by atoms with E-state index in [0.717, 1.165) is 18.6 Å². The molecule has 2 aromatic carbocycles. The van der Waals surface area contributed by atoms with Crippen LogP contribution in [-0.2, 0) is 20.7 Å². The van der Waals surface area contributed by atoms with Gasteiger partial charge in [0.25, 0.3) is 0 Å². The quantitative estimate of drug-likeness (QED) is 0.458. The zero-order valence-electron chi connectivity index (χ0n) is 18.2. The monoisotopic (exact) mass is 409 g/mol. The van der Waals surface area contributed by atoms with Crippen molar-refractivity contribution < 1.29 is 19.1 Å². The van der Waals surface area contributed by atoms with Crippen molar-refractivity contribution in [2.45, 2.75) is 45.6 Å². The third-order valence-electron chi connectivity index (χ3n) is 4.37. The van der Waals surface area contributed by atoms with Crippen LogP contribution in [-0.4, -0.2) is 24.6 Å². The molecule has 0 aromatic heterocycles. The fourth-order valence-electron chi connectivity index (χ4n) is 2.94. The molecule has 0 bridgehead atoms. The van der Waals surface area contributed by atoms with E-state index in [9.17, 15) is 9.59 Å². The Morgan fingerprint density at radius 2 is 1.70 bits per heavy atom. The maximum Gasteiger partial charge on any atom is 0.306 e. The molecule has 0 spiro atoms. The van der Waals surface area contributed by atoms with E-state index >= 15 is 0 Å². The Balaban J connectivity index is 1.99. The number of carbonyl (C=O) groups excluding carboxylic acids is 2. The molecule has 0 aliphatic rings. The van der Waals surface area contributed by atoms with Crippen molar-refractivity contribution in [3.8, 4) is 5.75 Å². The van der Waals surface area contributed by atoms with E-state index in [1.54, 1.807) is 37.5 Å². The molecular weight excluding hydrogens is 378 g/mol. The number of nitrogens with one attached hydrogen (secondary N) is 1. The van der Waals surface area contributed by atoms with Crippen molar-refractivity contribution >= 4 is 17.6 Å². The first-order chi connectivity index (χ1) is 14.2. The largest absolute Gasteiger partial charge is 0.497 e. The van der Waals surface area contributed by atoms with Crippen molar-refractivity contribution in [3.05, 3.63) is 72.3 Å². The van der Waals surface area contributed by atoms with Gasteiger partial charge in [-0.2, -0.15) is 0 Å². The van der Waals surface area contributed by atoms with E-state index < -0.39 is 5.60 Å². The fraction of sp³-hybridized carbons (Fsp3) is 0.360. The molecule has 0 radical (unpaired) electrons. The summed E-state index contributed by atoms with van der Waals surface area (Å²) in [7, 11) is 1.59. The van der Waals surface area contributed by atoms with Crippen LogP contribution < -0.4 is 10.1 Å². The molecule has 0 saturated carbocycles. The van der Waals surface area contributed by atoms with Gasteiger partial charge in [0.1, 0.15) is 11.4 Å². The van der Waals surface area contributed by atoms with Crippen molar-refractivity contribution in [3.63, 3.8) is 0 Å². The number of benzene rings is 2. The molecule has 0 unspecified atom stereocenters. The highest BCUT2D eigenvalue weighted by atomic mass is 16.6. The zero-order chi connectivity index (χ0) is 22.0. The summed E-state index contributed by atoms with van der Waals surface area (Å²) in [6.45, 7) is 5.55. The van der Waals surface area contributed by atoms with Crippen molar-refractivity contribution in [2.24, 2.45) is 5.92 Å². The van der Waals surface area contributed by atoms with E-state index in [1.165, 1.54) is 11.6 Å². The van der Waals surface area contributed by atoms with Crippen LogP contribution in [0.25, 0.3) is 0 Å². The Morgan fingerprint density at radius 3 is 2.30 bits per heavy atom. The zero-order valence-corrected chi connectivity index (χ0v) is 18.2. The molecule has 1 atom stereocenters. The topological polar surface area (TPSA) is 64.6 Å². The molecule has 160 valence electrons. The Hall–Kier alpha value is -3.08. The number of hydrogen-bond acceptors (Lipinski definition) is 4.